The predicted octanol–water partition coefficient (Wildman–Crippen LogP) is 1.60. The number of aromatic amines is 1. The van der Waals surface area contributed by atoms with Crippen LogP contribution in [0.3, 0.4) is 0 Å². The summed E-state index contributed by atoms with van der Waals surface area (Å²) < 4.78 is 5.34. The lowest BCUT2D eigenvalue weighted by atomic mass is 10.3. The highest BCUT2D eigenvalue weighted by Gasteiger charge is 2.05. The Kier molecular flexibility index (Phi) is 2.55. The lowest BCUT2D eigenvalue weighted by Gasteiger charge is -2.00. The van der Waals surface area contributed by atoms with Gasteiger partial charge < -0.3 is 9.84 Å². The summed E-state index contributed by atoms with van der Waals surface area (Å²) >= 11 is 0. The number of carbonyl (C=O) groups is 1. The third kappa shape index (κ3) is 2.17. The van der Waals surface area contributed by atoms with Gasteiger partial charge in [-0.3, -0.25) is 5.10 Å². The van der Waals surface area contributed by atoms with E-state index < -0.39 is 5.97 Å². The molecule has 0 aromatic carbocycles. The van der Waals surface area contributed by atoms with Gasteiger partial charge >= 0.3 is 5.97 Å². The molecule has 0 aliphatic carbocycles. The zero-order chi connectivity index (χ0) is 11.5. The van der Waals surface area contributed by atoms with Crippen molar-refractivity contribution in [3.8, 4) is 11.6 Å². The molecule has 0 fully saturated rings. The summed E-state index contributed by atoms with van der Waals surface area (Å²) in [7, 11) is 0. The molecule has 0 unspecified atom stereocenters. The maximum atomic E-state index is 10.6. The molecule has 0 atom stereocenters. The van der Waals surface area contributed by atoms with E-state index in [0.717, 1.165) is 5.69 Å². The minimum atomic E-state index is -1.07. The number of ether oxygens (including phenoxy) is 1. The average Bonchev–Trinajstić information content (AvgIpc) is 2.65. The maximum absolute atomic E-state index is 10.6. The molecule has 0 bridgehead atoms. The Balaban J connectivity index is 2.14. The van der Waals surface area contributed by atoms with Crippen molar-refractivity contribution in [2.45, 2.75) is 6.92 Å². The highest BCUT2D eigenvalue weighted by molar-refractivity contribution is 5.85. The van der Waals surface area contributed by atoms with Gasteiger partial charge in [-0.15, -0.1) is 5.10 Å². The molecule has 0 amide bonds. The Morgan fingerprint density at radius 1 is 1.50 bits per heavy atom. The second kappa shape index (κ2) is 4.01. The largest absolute Gasteiger partial charge is 0.477 e. The third-order valence-electron chi connectivity index (χ3n) is 1.86. The van der Waals surface area contributed by atoms with E-state index in [4.69, 9.17) is 9.84 Å². The van der Waals surface area contributed by atoms with Crippen LogP contribution in [0.5, 0.6) is 11.6 Å². The standard InChI is InChI=1S/C10H9N3O3/c1-6-4-9(13-12-6)16-7-2-3-8(10(14)15)11-5-7/h2-5H,1H3,(H,12,13)(H,14,15). The minimum absolute atomic E-state index is 0.0226. The Morgan fingerprint density at radius 3 is 2.81 bits per heavy atom. The average molecular weight is 219 g/mol. The Morgan fingerprint density at radius 2 is 2.31 bits per heavy atom. The minimum Gasteiger partial charge on any atom is -0.477 e. The van der Waals surface area contributed by atoms with Crippen molar-refractivity contribution in [1.29, 1.82) is 0 Å². The fraction of sp³-hybridized carbons (Fsp3) is 0.100. The van der Waals surface area contributed by atoms with Gasteiger partial charge in [0.05, 0.1) is 6.20 Å². The van der Waals surface area contributed by atoms with Crippen molar-refractivity contribution >= 4 is 5.97 Å². The van der Waals surface area contributed by atoms with Gasteiger partial charge in [0.15, 0.2) is 0 Å². The van der Waals surface area contributed by atoms with E-state index in [1.54, 1.807) is 6.07 Å². The van der Waals surface area contributed by atoms with Crippen molar-refractivity contribution in [3.63, 3.8) is 0 Å². The number of hydrogen-bond acceptors (Lipinski definition) is 4. The van der Waals surface area contributed by atoms with Crippen LogP contribution in [0.4, 0.5) is 0 Å². The fourth-order valence-electron chi connectivity index (χ4n) is 1.13. The van der Waals surface area contributed by atoms with Crippen LogP contribution in [0, 0.1) is 6.92 Å². The van der Waals surface area contributed by atoms with Gasteiger partial charge in [0.2, 0.25) is 5.88 Å². The molecule has 2 N–H and O–H groups in total. The van der Waals surface area contributed by atoms with Crippen LogP contribution in [-0.4, -0.2) is 26.3 Å². The highest BCUT2D eigenvalue weighted by Crippen LogP contribution is 2.18. The molecule has 82 valence electrons. The van der Waals surface area contributed by atoms with Gasteiger partial charge in [0.25, 0.3) is 0 Å². The number of carboxylic acids is 1. The molecule has 2 aromatic heterocycles. The molecule has 0 saturated heterocycles. The first-order chi connectivity index (χ1) is 7.65. The van der Waals surface area contributed by atoms with E-state index in [1.807, 2.05) is 6.92 Å². The number of nitrogens with one attached hydrogen (secondary N) is 1. The van der Waals surface area contributed by atoms with E-state index in [-0.39, 0.29) is 5.69 Å². The predicted molar refractivity (Wildman–Crippen MR) is 54.6 cm³/mol. The zero-order valence-corrected chi connectivity index (χ0v) is 8.47. The first-order valence-corrected chi connectivity index (χ1v) is 4.54. The number of rotatable bonds is 3. The quantitative estimate of drug-likeness (QED) is 0.818. The summed E-state index contributed by atoms with van der Waals surface area (Å²) in [5, 5.41) is 15.3. The third-order valence-corrected chi connectivity index (χ3v) is 1.86. The molecule has 2 rings (SSSR count). The van der Waals surface area contributed by atoms with Crippen LogP contribution in [0.1, 0.15) is 16.2 Å². The Bertz CT molecular complexity index is 504. The van der Waals surface area contributed by atoms with Crippen molar-refractivity contribution < 1.29 is 14.6 Å². The molecule has 16 heavy (non-hydrogen) atoms. The van der Waals surface area contributed by atoms with E-state index >= 15 is 0 Å². The molecule has 0 spiro atoms. The Labute approximate surface area is 90.9 Å². The smallest absolute Gasteiger partial charge is 0.354 e. The molecule has 0 aliphatic heterocycles. The fourth-order valence-corrected chi connectivity index (χ4v) is 1.13. The number of aromatic carboxylic acids is 1. The van der Waals surface area contributed by atoms with E-state index in [0.29, 0.717) is 11.6 Å². The van der Waals surface area contributed by atoms with Gasteiger partial charge in [0, 0.05) is 11.8 Å². The lowest BCUT2D eigenvalue weighted by molar-refractivity contribution is 0.0690. The van der Waals surface area contributed by atoms with Crippen LogP contribution in [0.2, 0.25) is 0 Å². The molecular weight excluding hydrogens is 210 g/mol. The van der Waals surface area contributed by atoms with Crippen LogP contribution in [-0.2, 0) is 0 Å². The SMILES string of the molecule is Cc1cc(Oc2ccc(C(=O)O)nc2)n[nH]1. The molecule has 0 aliphatic rings. The van der Waals surface area contributed by atoms with Crippen molar-refractivity contribution in [3.05, 3.63) is 35.8 Å². The highest BCUT2D eigenvalue weighted by atomic mass is 16.5. The Hall–Kier alpha value is -2.37. The lowest BCUT2D eigenvalue weighted by Crippen LogP contribution is -1.99. The van der Waals surface area contributed by atoms with Gasteiger partial charge in [-0.1, -0.05) is 0 Å². The monoisotopic (exact) mass is 219 g/mol. The molecular formula is C10H9N3O3. The normalized spacial score (nSPS) is 10.1. The van der Waals surface area contributed by atoms with E-state index in [1.165, 1.54) is 18.3 Å². The summed E-state index contributed by atoms with van der Waals surface area (Å²) in [4.78, 5) is 14.3. The summed E-state index contributed by atoms with van der Waals surface area (Å²) in [6.45, 7) is 1.85. The molecule has 2 aromatic rings. The molecule has 2 heterocycles. The van der Waals surface area contributed by atoms with Crippen molar-refractivity contribution in [2.24, 2.45) is 0 Å². The van der Waals surface area contributed by atoms with Crippen molar-refractivity contribution in [1.82, 2.24) is 15.2 Å². The maximum Gasteiger partial charge on any atom is 0.354 e. The molecule has 0 saturated carbocycles. The van der Waals surface area contributed by atoms with Crippen LogP contribution in [0.15, 0.2) is 24.4 Å². The van der Waals surface area contributed by atoms with Gasteiger partial charge in [-0.25, -0.2) is 9.78 Å². The van der Waals surface area contributed by atoms with Crippen molar-refractivity contribution in [2.75, 3.05) is 0 Å². The van der Waals surface area contributed by atoms with Crippen LogP contribution in [0.25, 0.3) is 0 Å². The number of H-pyrrole nitrogens is 1. The van der Waals surface area contributed by atoms with Gasteiger partial charge in [0.1, 0.15) is 11.4 Å². The van der Waals surface area contributed by atoms with Crippen LogP contribution < -0.4 is 4.74 Å². The topological polar surface area (TPSA) is 88.1 Å². The second-order valence-corrected chi connectivity index (χ2v) is 3.18. The number of hydrogen-bond donors (Lipinski definition) is 2. The molecule has 6 heteroatoms. The summed E-state index contributed by atoms with van der Waals surface area (Å²) in [5.41, 5.74) is 0.857. The molecule has 6 nitrogen and oxygen atoms in total. The van der Waals surface area contributed by atoms with E-state index in [2.05, 4.69) is 15.2 Å². The number of pyridine rings is 1. The number of nitrogens with zero attached hydrogens (tertiary/aromatic N) is 2. The van der Waals surface area contributed by atoms with Crippen LogP contribution >= 0.6 is 0 Å². The summed E-state index contributed by atoms with van der Waals surface area (Å²) in [5.74, 6) is -0.207. The van der Waals surface area contributed by atoms with Gasteiger partial charge in [-0.05, 0) is 19.1 Å². The number of aromatic nitrogens is 3. The van der Waals surface area contributed by atoms with E-state index in [9.17, 15) is 4.79 Å². The summed E-state index contributed by atoms with van der Waals surface area (Å²) in [6, 6.07) is 4.63. The molecule has 0 radical (unpaired) electrons. The number of aryl methyl sites for hydroxylation is 1. The zero-order valence-electron chi connectivity index (χ0n) is 8.47. The van der Waals surface area contributed by atoms with Gasteiger partial charge in [-0.2, -0.15) is 0 Å². The summed E-state index contributed by atoms with van der Waals surface area (Å²) in [6.07, 6.45) is 1.34. The first-order valence-electron chi connectivity index (χ1n) is 4.54. The second-order valence-electron chi connectivity index (χ2n) is 3.18. The number of carboxylic acid groups (broad SMARTS) is 1. The first kappa shape index (κ1) is 10.2.